The third-order valence-electron chi connectivity index (χ3n) is 4.46. The molecule has 0 bridgehead atoms. The molecule has 0 aliphatic heterocycles. The van der Waals surface area contributed by atoms with Crippen LogP contribution < -0.4 is 5.56 Å². The zero-order chi connectivity index (χ0) is 19.0. The van der Waals surface area contributed by atoms with E-state index in [-0.39, 0.29) is 18.0 Å². The molecule has 8 heteroatoms. The molecule has 0 unspecified atom stereocenters. The summed E-state index contributed by atoms with van der Waals surface area (Å²) in [5, 5.41) is 8.69. The average Bonchev–Trinajstić information content (AvgIpc) is 3.09. The van der Waals surface area contributed by atoms with Crippen molar-refractivity contribution in [2.45, 2.75) is 20.0 Å². The first kappa shape index (κ1) is 16.9. The van der Waals surface area contributed by atoms with Crippen LogP contribution in [0.25, 0.3) is 21.9 Å². The van der Waals surface area contributed by atoms with Gasteiger partial charge in [0.1, 0.15) is 11.3 Å². The van der Waals surface area contributed by atoms with E-state index in [0.29, 0.717) is 34.4 Å². The standard InChI is InChI=1S/C19H18N6O2/c1-3-25-16-9-8-12(10-15(16)22-23-25)19(27)24(2)11-17-20-14-7-5-4-6-13(14)18(26)21-17/h4-10H,3,11H2,1-2H3,(H,20,21,26). The van der Waals surface area contributed by atoms with Gasteiger partial charge in [0.05, 0.1) is 23.0 Å². The highest BCUT2D eigenvalue weighted by Crippen LogP contribution is 2.15. The Kier molecular flexibility index (Phi) is 4.15. The number of para-hydroxylation sites is 1. The Morgan fingerprint density at radius 3 is 2.81 bits per heavy atom. The van der Waals surface area contributed by atoms with Crippen molar-refractivity contribution < 1.29 is 4.79 Å². The van der Waals surface area contributed by atoms with E-state index < -0.39 is 0 Å². The predicted molar refractivity (Wildman–Crippen MR) is 101 cm³/mol. The summed E-state index contributed by atoms with van der Waals surface area (Å²) in [5.41, 5.74) is 2.46. The SMILES string of the molecule is CCn1nnc2cc(C(=O)N(C)Cc3nc4ccccc4c(=O)[nH]3)ccc21. The lowest BCUT2D eigenvalue weighted by molar-refractivity contribution is 0.0781. The Hall–Kier alpha value is -3.55. The number of carbonyl (C=O) groups is 1. The number of aryl methyl sites for hydroxylation is 1. The number of nitrogens with zero attached hydrogens (tertiary/aromatic N) is 5. The first-order valence-corrected chi connectivity index (χ1v) is 8.63. The second kappa shape index (κ2) is 6.64. The zero-order valence-corrected chi connectivity index (χ0v) is 15.0. The van der Waals surface area contributed by atoms with Gasteiger partial charge in [-0.05, 0) is 37.3 Å². The van der Waals surface area contributed by atoms with Crippen LogP contribution in [0.4, 0.5) is 0 Å². The molecule has 0 aliphatic carbocycles. The van der Waals surface area contributed by atoms with Gasteiger partial charge in [0.15, 0.2) is 0 Å². The molecule has 0 saturated heterocycles. The number of rotatable bonds is 4. The van der Waals surface area contributed by atoms with Crippen LogP contribution >= 0.6 is 0 Å². The minimum Gasteiger partial charge on any atom is -0.334 e. The van der Waals surface area contributed by atoms with E-state index in [0.717, 1.165) is 5.52 Å². The molecule has 0 radical (unpaired) electrons. The summed E-state index contributed by atoms with van der Waals surface area (Å²) in [6, 6.07) is 12.4. The van der Waals surface area contributed by atoms with Gasteiger partial charge >= 0.3 is 0 Å². The molecule has 4 rings (SSSR count). The number of aromatic amines is 1. The summed E-state index contributed by atoms with van der Waals surface area (Å²) in [7, 11) is 1.67. The third-order valence-corrected chi connectivity index (χ3v) is 4.46. The molecule has 0 fully saturated rings. The molecule has 0 saturated carbocycles. The van der Waals surface area contributed by atoms with Crippen LogP contribution in [0.5, 0.6) is 0 Å². The third kappa shape index (κ3) is 3.05. The number of nitrogens with one attached hydrogen (secondary N) is 1. The number of amides is 1. The second-order valence-electron chi connectivity index (χ2n) is 6.30. The van der Waals surface area contributed by atoms with Crippen molar-refractivity contribution in [2.24, 2.45) is 0 Å². The molecule has 0 atom stereocenters. The van der Waals surface area contributed by atoms with Crippen LogP contribution in [0.1, 0.15) is 23.1 Å². The minimum absolute atomic E-state index is 0.182. The smallest absolute Gasteiger partial charge is 0.258 e. The minimum atomic E-state index is -0.214. The molecule has 1 amide bonds. The molecule has 8 nitrogen and oxygen atoms in total. The fraction of sp³-hybridized carbons (Fsp3) is 0.211. The van der Waals surface area contributed by atoms with Crippen LogP contribution in [-0.4, -0.2) is 42.8 Å². The summed E-state index contributed by atoms with van der Waals surface area (Å²) in [4.78, 5) is 33.6. The highest BCUT2D eigenvalue weighted by Gasteiger charge is 2.15. The molecule has 0 spiro atoms. The summed E-state index contributed by atoms with van der Waals surface area (Å²) >= 11 is 0. The maximum Gasteiger partial charge on any atom is 0.258 e. The van der Waals surface area contributed by atoms with Crippen molar-refractivity contribution in [3.05, 3.63) is 64.2 Å². The number of aromatic nitrogens is 5. The first-order valence-electron chi connectivity index (χ1n) is 8.63. The number of fused-ring (bicyclic) bond motifs is 2. The van der Waals surface area contributed by atoms with Gasteiger partial charge in [0.2, 0.25) is 0 Å². The van der Waals surface area contributed by atoms with Crippen LogP contribution in [0.3, 0.4) is 0 Å². The van der Waals surface area contributed by atoms with Gasteiger partial charge in [-0.1, -0.05) is 17.3 Å². The normalized spacial score (nSPS) is 11.2. The number of hydrogen-bond donors (Lipinski definition) is 1. The number of hydrogen-bond acceptors (Lipinski definition) is 5. The summed E-state index contributed by atoms with van der Waals surface area (Å²) in [6.07, 6.45) is 0. The van der Waals surface area contributed by atoms with Crippen LogP contribution in [0.15, 0.2) is 47.3 Å². The highest BCUT2D eigenvalue weighted by molar-refractivity contribution is 5.97. The van der Waals surface area contributed by atoms with Crippen molar-refractivity contribution >= 4 is 27.8 Å². The first-order chi connectivity index (χ1) is 13.1. The molecule has 0 aliphatic rings. The summed E-state index contributed by atoms with van der Waals surface area (Å²) in [5.74, 6) is 0.256. The van der Waals surface area contributed by atoms with Crippen LogP contribution in [0, 0.1) is 0 Å². The van der Waals surface area contributed by atoms with E-state index in [2.05, 4.69) is 20.3 Å². The van der Waals surface area contributed by atoms with Crippen molar-refractivity contribution in [1.82, 2.24) is 29.9 Å². The lowest BCUT2D eigenvalue weighted by Gasteiger charge is -2.16. The Labute approximate surface area is 154 Å². The molecule has 2 aromatic carbocycles. The van der Waals surface area contributed by atoms with Gasteiger partial charge in [-0.25, -0.2) is 9.67 Å². The quantitative estimate of drug-likeness (QED) is 0.599. The van der Waals surface area contributed by atoms with Crippen molar-refractivity contribution in [2.75, 3.05) is 7.05 Å². The molecule has 136 valence electrons. The van der Waals surface area contributed by atoms with Gasteiger partial charge in [0.25, 0.3) is 11.5 Å². The maximum absolute atomic E-state index is 12.8. The topological polar surface area (TPSA) is 96.8 Å². The lowest BCUT2D eigenvalue weighted by Crippen LogP contribution is -2.28. The van der Waals surface area contributed by atoms with Gasteiger partial charge < -0.3 is 9.88 Å². The van der Waals surface area contributed by atoms with Crippen molar-refractivity contribution in [3.8, 4) is 0 Å². The van der Waals surface area contributed by atoms with Gasteiger partial charge in [-0.15, -0.1) is 5.10 Å². The maximum atomic E-state index is 12.8. The molecule has 2 heterocycles. The van der Waals surface area contributed by atoms with Gasteiger partial charge in [0, 0.05) is 19.2 Å². The van der Waals surface area contributed by atoms with E-state index in [4.69, 9.17) is 0 Å². The fourth-order valence-corrected chi connectivity index (χ4v) is 3.07. The van der Waals surface area contributed by atoms with Crippen molar-refractivity contribution in [3.63, 3.8) is 0 Å². The summed E-state index contributed by atoms with van der Waals surface area (Å²) in [6.45, 7) is 2.89. The number of benzene rings is 2. The van der Waals surface area contributed by atoms with Gasteiger partial charge in [-0.2, -0.15) is 0 Å². The zero-order valence-electron chi connectivity index (χ0n) is 15.0. The van der Waals surface area contributed by atoms with E-state index in [1.54, 1.807) is 42.1 Å². The summed E-state index contributed by atoms with van der Waals surface area (Å²) < 4.78 is 1.77. The average molecular weight is 362 g/mol. The monoisotopic (exact) mass is 362 g/mol. The van der Waals surface area contributed by atoms with E-state index in [9.17, 15) is 9.59 Å². The fourth-order valence-electron chi connectivity index (χ4n) is 3.07. The Balaban J connectivity index is 1.60. The molecule has 2 aromatic heterocycles. The Morgan fingerprint density at radius 1 is 1.19 bits per heavy atom. The molecule has 27 heavy (non-hydrogen) atoms. The highest BCUT2D eigenvalue weighted by atomic mass is 16.2. The Bertz CT molecular complexity index is 1210. The largest absolute Gasteiger partial charge is 0.334 e. The van der Waals surface area contributed by atoms with E-state index in [1.165, 1.54) is 4.90 Å². The number of H-pyrrole nitrogens is 1. The molecule has 1 N–H and O–H groups in total. The molecular formula is C19H18N6O2. The van der Waals surface area contributed by atoms with Crippen LogP contribution in [0.2, 0.25) is 0 Å². The Morgan fingerprint density at radius 2 is 2.00 bits per heavy atom. The molecular weight excluding hydrogens is 344 g/mol. The van der Waals surface area contributed by atoms with Crippen LogP contribution in [-0.2, 0) is 13.1 Å². The van der Waals surface area contributed by atoms with E-state index in [1.807, 2.05) is 19.1 Å². The van der Waals surface area contributed by atoms with E-state index >= 15 is 0 Å². The lowest BCUT2D eigenvalue weighted by atomic mass is 10.1. The predicted octanol–water partition coefficient (Wildman–Crippen LogP) is 1.96. The molecule has 4 aromatic rings. The van der Waals surface area contributed by atoms with Crippen molar-refractivity contribution in [1.29, 1.82) is 0 Å². The van der Waals surface area contributed by atoms with Gasteiger partial charge in [-0.3, -0.25) is 9.59 Å². The second-order valence-corrected chi connectivity index (χ2v) is 6.30. The number of carbonyl (C=O) groups excluding carboxylic acids is 1.